The van der Waals surface area contributed by atoms with Crippen molar-refractivity contribution >= 4 is 26.0 Å². The van der Waals surface area contributed by atoms with Gasteiger partial charge in [0.15, 0.2) is 0 Å². The Morgan fingerprint density at radius 3 is 2.29 bits per heavy atom. The van der Waals surface area contributed by atoms with E-state index in [4.69, 9.17) is 9.94 Å². The number of ether oxygens (including phenoxy) is 1. The van der Waals surface area contributed by atoms with Crippen molar-refractivity contribution in [1.82, 2.24) is 14.1 Å². The van der Waals surface area contributed by atoms with E-state index in [2.05, 4.69) is 0 Å². The molecule has 0 spiro atoms. The highest BCUT2D eigenvalue weighted by Crippen LogP contribution is 2.32. The molecule has 2 aromatic carbocycles. The van der Waals surface area contributed by atoms with Crippen molar-refractivity contribution in [3.8, 4) is 5.75 Å². The Labute approximate surface area is 200 Å². The summed E-state index contributed by atoms with van der Waals surface area (Å²) < 4.78 is 96.5. The van der Waals surface area contributed by atoms with Crippen LogP contribution in [0.3, 0.4) is 0 Å². The summed E-state index contributed by atoms with van der Waals surface area (Å²) in [6, 6.07) is 8.16. The lowest BCUT2D eigenvalue weighted by atomic mass is 10.1. The van der Waals surface area contributed by atoms with Crippen molar-refractivity contribution in [2.75, 3.05) is 25.9 Å². The van der Waals surface area contributed by atoms with E-state index in [-0.39, 0.29) is 29.3 Å². The number of carbonyl (C=O) groups is 1. The van der Waals surface area contributed by atoms with Crippen LogP contribution in [0.2, 0.25) is 0 Å². The molecule has 1 saturated heterocycles. The van der Waals surface area contributed by atoms with Crippen molar-refractivity contribution in [2.45, 2.75) is 23.7 Å². The second-order valence-electron chi connectivity index (χ2n) is 7.64. The number of halogens is 3. The summed E-state index contributed by atoms with van der Waals surface area (Å²) in [5.74, 6) is -1.00. The van der Waals surface area contributed by atoms with Gasteiger partial charge in [-0.1, -0.05) is 18.2 Å². The van der Waals surface area contributed by atoms with E-state index in [0.717, 1.165) is 33.1 Å². The molecule has 0 radical (unpaired) electrons. The number of rotatable bonds is 7. The molecular weight excluding hydrogens is 515 g/mol. The number of nitrogens with one attached hydrogen (secondary N) is 1. The van der Waals surface area contributed by atoms with Crippen LogP contribution < -0.4 is 10.2 Å². The van der Waals surface area contributed by atoms with Crippen LogP contribution in [0.15, 0.2) is 53.4 Å². The molecule has 1 aliphatic rings. The third-order valence-corrected chi connectivity index (χ3v) is 8.52. The number of carbonyl (C=O) groups excluding carboxylic acids is 1. The molecule has 0 aromatic heterocycles. The Balaban J connectivity index is 1.79. The highest BCUT2D eigenvalue weighted by molar-refractivity contribution is 7.89. The Morgan fingerprint density at radius 2 is 1.71 bits per heavy atom. The lowest BCUT2D eigenvalue weighted by molar-refractivity contribution is -0.138. The third-order valence-electron chi connectivity index (χ3n) is 5.32. The molecule has 15 heteroatoms. The second kappa shape index (κ2) is 10.1. The monoisotopic (exact) mass is 537 g/mol. The van der Waals surface area contributed by atoms with Crippen LogP contribution in [0.5, 0.6) is 5.75 Å². The van der Waals surface area contributed by atoms with Crippen LogP contribution in [0.1, 0.15) is 11.1 Å². The molecule has 1 atom stereocenters. The maximum Gasteiger partial charge on any atom is 0.416 e. The van der Waals surface area contributed by atoms with E-state index in [1.807, 2.05) is 0 Å². The maximum absolute atomic E-state index is 13.2. The topological polar surface area (TPSA) is 133 Å². The molecule has 1 fully saturated rings. The van der Waals surface area contributed by atoms with Crippen LogP contribution >= 0.6 is 0 Å². The van der Waals surface area contributed by atoms with Gasteiger partial charge in [0.25, 0.3) is 5.91 Å². The number of benzene rings is 2. The predicted octanol–water partition coefficient (Wildman–Crippen LogP) is 1.42. The lowest BCUT2D eigenvalue weighted by Crippen LogP contribution is -2.60. The molecule has 1 amide bonds. The summed E-state index contributed by atoms with van der Waals surface area (Å²) >= 11 is 0. The van der Waals surface area contributed by atoms with E-state index in [0.29, 0.717) is 0 Å². The SMILES string of the molecule is CS(=O)(=O)N1CCN(S(=O)(=O)c2ccc(OCc3ccccc3C(F)(F)F)cc2)C(C(=O)NO)C1. The van der Waals surface area contributed by atoms with Gasteiger partial charge in [-0.3, -0.25) is 10.0 Å². The van der Waals surface area contributed by atoms with Crippen molar-refractivity contribution in [1.29, 1.82) is 0 Å². The average Bonchev–Trinajstić information content (AvgIpc) is 2.81. The van der Waals surface area contributed by atoms with Crippen molar-refractivity contribution in [3.05, 3.63) is 59.7 Å². The van der Waals surface area contributed by atoms with Crippen molar-refractivity contribution < 1.29 is 44.7 Å². The first-order valence-corrected chi connectivity index (χ1v) is 13.3. The van der Waals surface area contributed by atoms with Gasteiger partial charge < -0.3 is 4.74 Å². The van der Waals surface area contributed by atoms with Crippen LogP contribution in [0, 0.1) is 0 Å². The first-order chi connectivity index (χ1) is 16.2. The molecule has 3 rings (SSSR count). The van der Waals surface area contributed by atoms with Gasteiger partial charge in [0.1, 0.15) is 18.4 Å². The van der Waals surface area contributed by atoms with Gasteiger partial charge in [0, 0.05) is 25.2 Å². The fourth-order valence-electron chi connectivity index (χ4n) is 3.55. The highest BCUT2D eigenvalue weighted by Gasteiger charge is 2.42. The molecular formula is C20H22F3N3O7S2. The maximum atomic E-state index is 13.2. The van der Waals surface area contributed by atoms with Gasteiger partial charge in [-0.15, -0.1) is 0 Å². The predicted molar refractivity (Wildman–Crippen MR) is 116 cm³/mol. The molecule has 1 unspecified atom stereocenters. The van der Waals surface area contributed by atoms with Gasteiger partial charge in [0.2, 0.25) is 20.0 Å². The molecule has 0 bridgehead atoms. The molecule has 10 nitrogen and oxygen atoms in total. The van der Waals surface area contributed by atoms with Crippen molar-refractivity contribution in [2.24, 2.45) is 0 Å². The summed E-state index contributed by atoms with van der Waals surface area (Å²) in [5.41, 5.74) is 0.405. The molecule has 2 aromatic rings. The minimum Gasteiger partial charge on any atom is -0.489 e. The molecule has 35 heavy (non-hydrogen) atoms. The first-order valence-electron chi connectivity index (χ1n) is 10.0. The highest BCUT2D eigenvalue weighted by atomic mass is 32.2. The first kappa shape index (κ1) is 26.9. The van der Waals surface area contributed by atoms with Gasteiger partial charge in [-0.25, -0.2) is 22.3 Å². The lowest BCUT2D eigenvalue weighted by Gasteiger charge is -2.38. The molecule has 1 heterocycles. The number of hydroxylamine groups is 1. The Kier molecular flexibility index (Phi) is 7.76. The van der Waals surface area contributed by atoms with E-state index in [9.17, 15) is 34.8 Å². The van der Waals surface area contributed by atoms with Gasteiger partial charge in [0.05, 0.1) is 16.7 Å². The molecule has 192 valence electrons. The molecule has 0 aliphatic carbocycles. The number of hydrogen-bond acceptors (Lipinski definition) is 7. The van der Waals surface area contributed by atoms with Crippen LogP contribution in [-0.4, -0.2) is 68.5 Å². The summed E-state index contributed by atoms with van der Waals surface area (Å²) in [5, 5.41) is 9.01. The van der Waals surface area contributed by atoms with Crippen LogP contribution in [-0.2, 0) is 37.6 Å². The summed E-state index contributed by atoms with van der Waals surface area (Å²) in [6.07, 6.45) is -3.65. The zero-order chi connectivity index (χ0) is 26.0. The Bertz CT molecular complexity index is 1280. The third kappa shape index (κ3) is 6.10. The largest absolute Gasteiger partial charge is 0.489 e. The Hall–Kier alpha value is -2.72. The van der Waals surface area contributed by atoms with E-state index < -0.39 is 56.9 Å². The summed E-state index contributed by atoms with van der Waals surface area (Å²) in [6.45, 7) is -1.45. The number of sulfonamides is 2. The van der Waals surface area contributed by atoms with Gasteiger partial charge in [-0.2, -0.15) is 21.8 Å². The minimum atomic E-state index is -4.56. The minimum absolute atomic E-state index is 0.0988. The number of amides is 1. The van der Waals surface area contributed by atoms with E-state index in [1.165, 1.54) is 35.8 Å². The quantitative estimate of drug-likeness (QED) is 0.403. The second-order valence-corrected chi connectivity index (χ2v) is 11.5. The fourth-order valence-corrected chi connectivity index (χ4v) is 5.94. The number of nitrogens with zero attached hydrogens (tertiary/aromatic N) is 2. The standard InChI is InChI=1S/C20H22F3N3O7S2/c1-34(29,30)25-10-11-26(18(12-25)19(27)24-28)35(31,32)16-8-6-15(7-9-16)33-13-14-4-2-3-5-17(14)20(21,22)23/h2-9,18,28H,10-13H2,1H3,(H,24,27). The van der Waals surface area contributed by atoms with Gasteiger partial charge in [-0.05, 0) is 30.3 Å². The summed E-state index contributed by atoms with van der Waals surface area (Å²) in [7, 11) is -8.03. The van der Waals surface area contributed by atoms with Crippen molar-refractivity contribution in [3.63, 3.8) is 0 Å². The summed E-state index contributed by atoms with van der Waals surface area (Å²) in [4.78, 5) is 11.9. The normalized spacial score (nSPS) is 18.3. The number of hydrogen-bond donors (Lipinski definition) is 2. The zero-order valence-electron chi connectivity index (χ0n) is 18.3. The van der Waals surface area contributed by atoms with Gasteiger partial charge >= 0.3 is 6.18 Å². The molecule has 1 aliphatic heterocycles. The smallest absolute Gasteiger partial charge is 0.416 e. The molecule has 2 N–H and O–H groups in total. The van der Waals surface area contributed by atoms with Crippen LogP contribution in [0.4, 0.5) is 13.2 Å². The zero-order valence-corrected chi connectivity index (χ0v) is 19.9. The fraction of sp³-hybridized carbons (Fsp3) is 0.350. The Morgan fingerprint density at radius 1 is 1.09 bits per heavy atom. The average molecular weight is 538 g/mol. The van der Waals surface area contributed by atoms with E-state index in [1.54, 1.807) is 0 Å². The van der Waals surface area contributed by atoms with E-state index >= 15 is 0 Å². The van der Waals surface area contributed by atoms with Crippen LogP contribution in [0.25, 0.3) is 0 Å². The number of alkyl halides is 3. The molecule has 0 saturated carbocycles. The number of piperazine rings is 1.